The Morgan fingerprint density at radius 3 is 2.33 bits per heavy atom. The summed E-state index contributed by atoms with van der Waals surface area (Å²) in [4.78, 5) is 16.7. The van der Waals surface area contributed by atoms with Crippen LogP contribution >= 0.6 is 0 Å². The highest BCUT2D eigenvalue weighted by atomic mass is 32.2. The van der Waals surface area contributed by atoms with Crippen molar-refractivity contribution in [2.75, 3.05) is 13.1 Å². The average Bonchev–Trinajstić information content (AvgIpc) is 2.78. The predicted octanol–water partition coefficient (Wildman–Crippen LogP) is 4.27. The number of carboxylic acid groups (broad SMARTS) is 1. The smallest absolute Gasteiger partial charge is 0.404 e. The van der Waals surface area contributed by atoms with Crippen LogP contribution in [0.15, 0.2) is 54.6 Å². The number of hydrogen-bond acceptors (Lipinski definition) is 5. The minimum atomic E-state index is -3.94. The summed E-state index contributed by atoms with van der Waals surface area (Å²) in [5, 5.41) is 20.6. The molecule has 3 atom stereocenters. The fraction of sp³-hybridized carbons (Fsp3) is 0.458. The van der Waals surface area contributed by atoms with E-state index in [-0.39, 0.29) is 37.1 Å². The molecule has 1 amide bonds. The second kappa shape index (κ2) is 12.5. The molecule has 0 fully saturated rings. The number of amides is 1. The number of phenolic OH excluding ortho intramolecular Hbond substituents is 1. The van der Waals surface area contributed by atoms with Crippen LogP contribution in [-0.4, -0.2) is 47.5 Å². The van der Waals surface area contributed by atoms with Crippen LogP contribution in [0.25, 0.3) is 0 Å². The molecule has 9 heteroatoms. The SMILES string of the molecule is CCCN(Oc1ccccc1)S(=O)(=O)C(CCc1ccccc1O)C(C)C(C)CNC(=O)O. The first kappa shape index (κ1) is 26.5. The van der Waals surface area contributed by atoms with E-state index < -0.39 is 21.4 Å². The van der Waals surface area contributed by atoms with Gasteiger partial charge in [-0.3, -0.25) is 0 Å². The van der Waals surface area contributed by atoms with E-state index in [1.807, 2.05) is 26.8 Å². The average molecular weight is 479 g/mol. The Hall–Kier alpha value is -2.78. The summed E-state index contributed by atoms with van der Waals surface area (Å²) in [6.07, 6.45) is 0.00735. The normalized spacial score (nSPS) is 14.4. The lowest BCUT2D eigenvalue weighted by Crippen LogP contribution is -2.46. The molecule has 0 aromatic heterocycles. The van der Waals surface area contributed by atoms with E-state index in [0.717, 1.165) is 4.47 Å². The summed E-state index contributed by atoms with van der Waals surface area (Å²) in [7, 11) is -3.94. The topological polar surface area (TPSA) is 116 Å². The highest BCUT2D eigenvalue weighted by molar-refractivity contribution is 7.89. The number of para-hydroxylation sites is 2. The van der Waals surface area contributed by atoms with Crippen molar-refractivity contribution in [3.05, 3.63) is 60.2 Å². The van der Waals surface area contributed by atoms with Gasteiger partial charge in [0.25, 0.3) is 0 Å². The van der Waals surface area contributed by atoms with Crippen molar-refractivity contribution in [3.8, 4) is 11.5 Å². The van der Waals surface area contributed by atoms with E-state index >= 15 is 0 Å². The summed E-state index contributed by atoms with van der Waals surface area (Å²) in [5.74, 6) is -0.0908. The zero-order valence-corrected chi connectivity index (χ0v) is 20.2. The van der Waals surface area contributed by atoms with Gasteiger partial charge >= 0.3 is 6.09 Å². The number of hydrogen-bond donors (Lipinski definition) is 3. The molecule has 3 unspecified atom stereocenters. The van der Waals surface area contributed by atoms with Crippen molar-refractivity contribution in [1.82, 2.24) is 9.79 Å². The van der Waals surface area contributed by atoms with E-state index in [0.29, 0.717) is 24.2 Å². The van der Waals surface area contributed by atoms with Gasteiger partial charge in [0, 0.05) is 6.54 Å². The second-order valence-electron chi connectivity index (χ2n) is 8.20. The van der Waals surface area contributed by atoms with Gasteiger partial charge in [0.2, 0.25) is 10.0 Å². The van der Waals surface area contributed by atoms with Crippen molar-refractivity contribution in [1.29, 1.82) is 0 Å². The fourth-order valence-electron chi connectivity index (χ4n) is 3.66. The zero-order valence-electron chi connectivity index (χ0n) is 19.3. The van der Waals surface area contributed by atoms with Gasteiger partial charge in [0.15, 0.2) is 0 Å². The summed E-state index contributed by atoms with van der Waals surface area (Å²) in [6, 6.07) is 15.6. The van der Waals surface area contributed by atoms with Gasteiger partial charge in [-0.2, -0.15) is 0 Å². The molecule has 0 bridgehead atoms. The number of sulfonamides is 1. The number of phenols is 1. The van der Waals surface area contributed by atoms with Crippen LogP contribution in [0.1, 0.15) is 39.2 Å². The molecule has 2 aromatic carbocycles. The molecular weight excluding hydrogens is 444 g/mol. The summed E-state index contributed by atoms with van der Waals surface area (Å²) in [5.41, 5.74) is 0.659. The molecule has 8 nitrogen and oxygen atoms in total. The fourth-order valence-corrected chi connectivity index (χ4v) is 5.82. The molecular formula is C24H34N2O6S. The zero-order chi connectivity index (χ0) is 24.4. The molecule has 33 heavy (non-hydrogen) atoms. The number of nitrogens with one attached hydrogen (secondary N) is 1. The Bertz CT molecular complexity index is 983. The number of benzene rings is 2. The summed E-state index contributed by atoms with van der Waals surface area (Å²) >= 11 is 0. The molecule has 182 valence electrons. The van der Waals surface area contributed by atoms with Crippen LogP contribution in [0.5, 0.6) is 11.5 Å². The lowest BCUT2D eigenvalue weighted by molar-refractivity contribution is 0.0334. The maximum Gasteiger partial charge on any atom is 0.404 e. The lowest BCUT2D eigenvalue weighted by atomic mass is 9.89. The van der Waals surface area contributed by atoms with E-state index in [9.17, 15) is 18.3 Å². The molecule has 3 N–H and O–H groups in total. The Labute approximate surface area is 196 Å². The third-order valence-electron chi connectivity index (χ3n) is 5.77. The number of aromatic hydroxyl groups is 1. The number of nitrogens with zero attached hydrogens (tertiary/aromatic N) is 1. The predicted molar refractivity (Wildman–Crippen MR) is 128 cm³/mol. The highest BCUT2D eigenvalue weighted by Gasteiger charge is 2.39. The van der Waals surface area contributed by atoms with Crippen molar-refractivity contribution in [3.63, 3.8) is 0 Å². The van der Waals surface area contributed by atoms with Gasteiger partial charge < -0.3 is 20.4 Å². The van der Waals surface area contributed by atoms with Crippen molar-refractivity contribution in [2.45, 2.75) is 45.3 Å². The van der Waals surface area contributed by atoms with Gasteiger partial charge in [-0.15, -0.1) is 0 Å². The quantitative estimate of drug-likeness (QED) is 0.370. The molecule has 0 saturated carbocycles. The molecule has 0 saturated heterocycles. The van der Waals surface area contributed by atoms with Gasteiger partial charge in [0.1, 0.15) is 11.5 Å². The maximum atomic E-state index is 13.8. The summed E-state index contributed by atoms with van der Waals surface area (Å²) < 4.78 is 28.7. The van der Waals surface area contributed by atoms with Crippen LogP contribution < -0.4 is 10.2 Å². The Balaban J connectivity index is 2.34. The lowest BCUT2D eigenvalue weighted by Gasteiger charge is -2.33. The van der Waals surface area contributed by atoms with Crippen LogP contribution in [0, 0.1) is 11.8 Å². The van der Waals surface area contributed by atoms with Crippen molar-refractivity contribution < 1.29 is 28.3 Å². The first-order chi connectivity index (χ1) is 15.7. The Morgan fingerprint density at radius 1 is 1.09 bits per heavy atom. The second-order valence-corrected chi connectivity index (χ2v) is 10.2. The third kappa shape index (κ3) is 7.64. The number of carbonyl (C=O) groups is 1. The minimum absolute atomic E-state index is 0.118. The van der Waals surface area contributed by atoms with Gasteiger partial charge in [-0.05, 0) is 59.3 Å². The van der Waals surface area contributed by atoms with Crippen molar-refractivity contribution in [2.24, 2.45) is 11.8 Å². The van der Waals surface area contributed by atoms with E-state index in [1.54, 1.807) is 48.5 Å². The molecule has 2 aromatic rings. The first-order valence-electron chi connectivity index (χ1n) is 11.1. The number of rotatable bonds is 13. The van der Waals surface area contributed by atoms with Gasteiger partial charge in [0.05, 0.1) is 11.8 Å². The molecule has 0 aliphatic heterocycles. The van der Waals surface area contributed by atoms with Crippen LogP contribution in [0.2, 0.25) is 0 Å². The summed E-state index contributed by atoms with van der Waals surface area (Å²) in [6.45, 7) is 5.82. The molecule has 0 aliphatic rings. The molecule has 2 rings (SSSR count). The largest absolute Gasteiger partial charge is 0.508 e. The first-order valence-corrected chi connectivity index (χ1v) is 12.6. The van der Waals surface area contributed by atoms with E-state index in [4.69, 9.17) is 9.94 Å². The molecule has 0 aliphatic carbocycles. The standard InChI is InChI=1S/C24H34N2O6S/c1-4-16-26(32-21-11-6-5-7-12-21)33(30,31)23(19(3)18(2)17-25-24(28)29)15-14-20-10-8-9-13-22(20)27/h5-13,18-19,23,25,27H,4,14-17H2,1-3H3,(H,28,29). The van der Waals surface area contributed by atoms with Gasteiger partial charge in [-0.25, -0.2) is 13.2 Å². The molecule has 0 heterocycles. The van der Waals surface area contributed by atoms with E-state index in [2.05, 4.69) is 5.32 Å². The van der Waals surface area contributed by atoms with Crippen LogP contribution in [0.4, 0.5) is 4.79 Å². The minimum Gasteiger partial charge on any atom is -0.508 e. The maximum absolute atomic E-state index is 13.8. The molecule has 0 radical (unpaired) electrons. The highest BCUT2D eigenvalue weighted by Crippen LogP contribution is 2.30. The number of aryl methyl sites for hydroxylation is 1. The van der Waals surface area contributed by atoms with Crippen LogP contribution in [-0.2, 0) is 16.4 Å². The Morgan fingerprint density at radius 2 is 1.73 bits per heavy atom. The molecule has 0 spiro atoms. The van der Waals surface area contributed by atoms with Crippen LogP contribution in [0.3, 0.4) is 0 Å². The van der Waals surface area contributed by atoms with Crippen molar-refractivity contribution >= 4 is 16.1 Å². The monoisotopic (exact) mass is 478 g/mol. The van der Waals surface area contributed by atoms with Gasteiger partial charge in [-0.1, -0.05) is 57.2 Å². The Kier molecular flexibility index (Phi) is 9.99. The third-order valence-corrected chi connectivity index (χ3v) is 8.03. The van der Waals surface area contributed by atoms with E-state index in [1.165, 1.54) is 0 Å². The number of hydroxylamine groups is 1.